The maximum Gasteiger partial charge on any atom is 0.162 e. The predicted octanol–water partition coefficient (Wildman–Crippen LogP) is 8.95. The summed E-state index contributed by atoms with van der Waals surface area (Å²) in [6, 6.07) is 15.2. The maximum atomic E-state index is 11.7. The number of allylic oxidation sites excluding steroid dienone is 2. The van der Waals surface area contributed by atoms with Crippen LogP contribution < -0.4 is 10.4 Å². The van der Waals surface area contributed by atoms with E-state index in [9.17, 15) is 9.90 Å². The summed E-state index contributed by atoms with van der Waals surface area (Å²) < 4.78 is 0. The number of aryl methyl sites for hydroxylation is 1. The molecular weight excluding hydrogens is 711 g/mol. The molecule has 1 N–H and O–H groups in total. The van der Waals surface area contributed by atoms with Gasteiger partial charge in [-0.3, -0.25) is 4.79 Å². The second-order valence-corrected chi connectivity index (χ2v) is 17.7. The third kappa shape index (κ3) is 6.16. The minimum absolute atomic E-state index is 0. The van der Waals surface area contributed by atoms with Crippen LogP contribution in [0.15, 0.2) is 48.4 Å². The standard InChI is InChI=1S/C24H24NSi.C13H24O2.Ir/c1-14-7-8-16-17(11-14)18-12-15(24(2,3)4)13-20-21(18)22-19(26(20,5)6)9-10-25-23(16)22;1-5-10(6-2)12(14)9-13(15)11(7-3)8-4;/h7,9-13H,1-6H3;9-11,14H,5-8H2,1-4H3;/q-1;;/b;12-9-;. The molecule has 0 saturated carbocycles. The number of fused-ring (bicyclic) bond motifs is 3. The number of aliphatic hydroxyl groups excluding tert-OH is 1. The van der Waals surface area contributed by atoms with Crippen molar-refractivity contribution in [2.45, 2.75) is 99.6 Å². The number of carbonyl (C=O) groups excluding carboxylic acids is 1. The van der Waals surface area contributed by atoms with Gasteiger partial charge in [0.2, 0.25) is 0 Å². The maximum absolute atomic E-state index is 11.7. The molecule has 0 amide bonds. The summed E-state index contributed by atoms with van der Waals surface area (Å²) in [4.78, 5) is 16.5. The first-order valence-corrected chi connectivity index (χ1v) is 18.5. The third-order valence-corrected chi connectivity index (χ3v) is 12.8. The number of rotatable bonds is 7. The van der Waals surface area contributed by atoms with Gasteiger partial charge < -0.3 is 10.1 Å². The van der Waals surface area contributed by atoms with Crippen LogP contribution in [0.3, 0.4) is 0 Å². The summed E-state index contributed by atoms with van der Waals surface area (Å²) >= 11 is 0. The van der Waals surface area contributed by atoms with Crippen molar-refractivity contribution < 1.29 is 30.0 Å². The first-order chi connectivity index (χ1) is 19.3. The fourth-order valence-corrected chi connectivity index (χ4v) is 9.46. The molecule has 1 aliphatic rings. The minimum atomic E-state index is -1.72. The van der Waals surface area contributed by atoms with Gasteiger partial charge in [-0.05, 0) is 64.2 Å². The number of aromatic nitrogens is 1. The topological polar surface area (TPSA) is 50.2 Å². The Hall–Kier alpha value is -2.33. The number of aliphatic hydroxyl groups is 1. The Labute approximate surface area is 267 Å². The summed E-state index contributed by atoms with van der Waals surface area (Å²) in [6.45, 7) is 22.2. The molecule has 0 atom stereocenters. The van der Waals surface area contributed by atoms with Crippen molar-refractivity contribution in [2.24, 2.45) is 11.8 Å². The molecule has 0 unspecified atom stereocenters. The van der Waals surface area contributed by atoms with E-state index in [4.69, 9.17) is 4.98 Å². The average Bonchev–Trinajstić information content (AvgIpc) is 3.16. The van der Waals surface area contributed by atoms with Gasteiger partial charge in [0.05, 0.1) is 5.76 Å². The molecule has 1 radical (unpaired) electrons. The number of nitrogens with zero attached hydrogens (tertiary/aromatic N) is 1. The zero-order valence-electron chi connectivity index (χ0n) is 27.2. The van der Waals surface area contributed by atoms with Gasteiger partial charge >= 0.3 is 0 Å². The Morgan fingerprint density at radius 1 is 0.952 bits per heavy atom. The monoisotopic (exact) mass is 759 g/mol. The third-order valence-electron chi connectivity index (χ3n) is 9.25. The van der Waals surface area contributed by atoms with Crippen LogP contribution in [0.2, 0.25) is 13.1 Å². The van der Waals surface area contributed by atoms with Crippen molar-refractivity contribution >= 4 is 56.7 Å². The van der Waals surface area contributed by atoms with Gasteiger partial charge in [-0.1, -0.05) is 96.6 Å². The zero-order chi connectivity index (χ0) is 30.3. The second-order valence-electron chi connectivity index (χ2n) is 13.4. The van der Waals surface area contributed by atoms with Crippen molar-refractivity contribution in [1.29, 1.82) is 0 Å². The smallest absolute Gasteiger partial charge is 0.162 e. The van der Waals surface area contributed by atoms with E-state index in [0.29, 0.717) is 0 Å². The Kier molecular flexibility index (Phi) is 10.7. The van der Waals surface area contributed by atoms with Gasteiger partial charge in [-0.25, -0.2) is 0 Å². The van der Waals surface area contributed by atoms with E-state index in [1.807, 2.05) is 33.9 Å². The molecule has 0 fully saturated rings. The van der Waals surface area contributed by atoms with Crippen LogP contribution in [0.1, 0.15) is 85.3 Å². The molecular formula is C37H48IrNO2Si-. The van der Waals surface area contributed by atoms with Crippen LogP contribution in [0.4, 0.5) is 0 Å². The van der Waals surface area contributed by atoms with Gasteiger partial charge in [-0.2, -0.15) is 0 Å². The molecule has 0 aliphatic carbocycles. The molecule has 0 saturated heterocycles. The summed E-state index contributed by atoms with van der Waals surface area (Å²) in [5.41, 5.74) is 3.96. The number of hydrogen-bond donors (Lipinski definition) is 1. The molecule has 4 aromatic rings. The largest absolute Gasteiger partial charge is 0.512 e. The van der Waals surface area contributed by atoms with Gasteiger partial charge in [0.15, 0.2) is 5.78 Å². The Balaban J connectivity index is 0.000000263. The van der Waals surface area contributed by atoms with Gasteiger partial charge in [0.1, 0.15) is 8.07 Å². The van der Waals surface area contributed by atoms with Gasteiger partial charge in [-0.15, -0.1) is 29.1 Å². The van der Waals surface area contributed by atoms with Gasteiger partial charge in [0, 0.05) is 44.2 Å². The number of hydrogen-bond acceptors (Lipinski definition) is 3. The first-order valence-electron chi connectivity index (χ1n) is 15.5. The van der Waals surface area contributed by atoms with Crippen molar-refractivity contribution in [3.8, 4) is 0 Å². The van der Waals surface area contributed by atoms with Crippen LogP contribution in [-0.4, -0.2) is 23.9 Å². The first kappa shape index (κ1) is 34.2. The zero-order valence-corrected chi connectivity index (χ0v) is 30.6. The van der Waals surface area contributed by atoms with E-state index >= 15 is 0 Å². The molecule has 1 aromatic heterocycles. The average molecular weight is 759 g/mol. The molecule has 227 valence electrons. The SMILES string of the molecule is CCC(CC)C(=O)/C=C(\O)C(CC)CC.Cc1c[c-]c2c(c1)c1cc(C(C)(C)C)cc3c1c1c(ccnc21)[Si]3(C)C.[Ir]. The Morgan fingerprint density at radius 3 is 2.14 bits per heavy atom. The molecule has 0 bridgehead atoms. The molecule has 3 nitrogen and oxygen atoms in total. The fourth-order valence-electron chi connectivity index (χ4n) is 6.41. The normalized spacial score (nSPS) is 14.1. The minimum Gasteiger partial charge on any atom is -0.512 e. The second kappa shape index (κ2) is 13.1. The van der Waals surface area contributed by atoms with E-state index in [-0.39, 0.29) is 48.9 Å². The van der Waals surface area contributed by atoms with E-state index in [1.54, 1.807) is 5.19 Å². The van der Waals surface area contributed by atoms with E-state index < -0.39 is 8.07 Å². The molecule has 2 heterocycles. The van der Waals surface area contributed by atoms with Crippen LogP contribution in [-0.2, 0) is 30.3 Å². The van der Waals surface area contributed by atoms with Crippen molar-refractivity contribution in [3.05, 3.63) is 65.6 Å². The van der Waals surface area contributed by atoms with Crippen molar-refractivity contribution in [1.82, 2.24) is 4.98 Å². The summed E-state index contributed by atoms with van der Waals surface area (Å²) in [6.07, 6.45) is 6.91. The summed E-state index contributed by atoms with van der Waals surface area (Å²) in [5.74, 6) is 0.547. The van der Waals surface area contributed by atoms with Crippen LogP contribution in [0.5, 0.6) is 0 Å². The summed E-state index contributed by atoms with van der Waals surface area (Å²) in [7, 11) is -1.72. The Morgan fingerprint density at radius 2 is 1.57 bits per heavy atom. The number of benzene rings is 3. The van der Waals surface area contributed by atoms with E-state index in [0.717, 1.165) is 31.2 Å². The molecule has 3 aromatic carbocycles. The van der Waals surface area contributed by atoms with Crippen LogP contribution >= 0.6 is 0 Å². The van der Waals surface area contributed by atoms with Crippen LogP contribution in [0, 0.1) is 24.8 Å². The Bertz CT molecular complexity index is 1640. The van der Waals surface area contributed by atoms with E-state index in [2.05, 4.69) is 77.2 Å². The van der Waals surface area contributed by atoms with Crippen LogP contribution in [0.25, 0.3) is 32.4 Å². The van der Waals surface area contributed by atoms with Crippen molar-refractivity contribution in [3.63, 3.8) is 0 Å². The molecule has 42 heavy (non-hydrogen) atoms. The summed E-state index contributed by atoms with van der Waals surface area (Å²) in [5, 5.41) is 19.6. The number of ketones is 1. The quantitative estimate of drug-likeness (QED) is 0.0674. The number of carbonyl (C=O) groups is 1. The predicted molar refractivity (Wildman–Crippen MR) is 180 cm³/mol. The van der Waals surface area contributed by atoms with E-state index in [1.165, 1.54) is 49.3 Å². The fraction of sp³-hybridized carbons (Fsp3) is 0.459. The molecule has 5 heteroatoms. The molecule has 5 rings (SSSR count). The molecule has 1 aliphatic heterocycles. The number of pyridine rings is 1. The van der Waals surface area contributed by atoms with Gasteiger partial charge in [0.25, 0.3) is 0 Å². The van der Waals surface area contributed by atoms with Crippen molar-refractivity contribution in [2.75, 3.05) is 0 Å². The molecule has 0 spiro atoms.